The van der Waals surface area contributed by atoms with Crippen molar-refractivity contribution in [1.82, 2.24) is 4.90 Å². The van der Waals surface area contributed by atoms with E-state index >= 15 is 0 Å². The SMILES string of the molecule is C=CCC.CC.CCCC.CN1Cc2ccc(OC(F)F)cc2C1=O. The molecule has 1 heterocycles. The van der Waals surface area contributed by atoms with Crippen molar-refractivity contribution < 1.29 is 18.3 Å². The number of halogens is 2. The molecule has 1 amide bonds. The number of fused-ring (bicyclic) bond motifs is 1. The molecule has 0 fully saturated rings. The lowest BCUT2D eigenvalue weighted by Gasteiger charge is -2.05. The molecule has 0 saturated heterocycles. The van der Waals surface area contributed by atoms with Gasteiger partial charge < -0.3 is 9.64 Å². The molecule has 0 aliphatic carbocycles. The molecule has 1 aromatic carbocycles. The van der Waals surface area contributed by atoms with Crippen molar-refractivity contribution in [3.8, 4) is 5.75 Å². The number of rotatable bonds is 4. The fourth-order valence-corrected chi connectivity index (χ4v) is 1.60. The van der Waals surface area contributed by atoms with Crippen LogP contribution in [0.25, 0.3) is 0 Å². The maximum atomic E-state index is 11.9. The maximum Gasteiger partial charge on any atom is 0.387 e. The summed E-state index contributed by atoms with van der Waals surface area (Å²) < 4.78 is 28.1. The van der Waals surface area contributed by atoms with E-state index in [9.17, 15) is 13.6 Å². The lowest BCUT2D eigenvalue weighted by molar-refractivity contribution is -0.0498. The molecular formula is C20H33F2NO2. The van der Waals surface area contributed by atoms with E-state index in [4.69, 9.17) is 0 Å². The summed E-state index contributed by atoms with van der Waals surface area (Å²) in [6, 6.07) is 4.43. The monoisotopic (exact) mass is 357 g/mol. The Labute approximate surface area is 151 Å². The van der Waals surface area contributed by atoms with E-state index in [0.29, 0.717) is 12.1 Å². The van der Waals surface area contributed by atoms with Gasteiger partial charge in [-0.2, -0.15) is 8.78 Å². The summed E-state index contributed by atoms with van der Waals surface area (Å²) in [5.74, 6) is -0.142. The number of benzene rings is 1. The molecular weight excluding hydrogens is 324 g/mol. The van der Waals surface area contributed by atoms with Gasteiger partial charge in [-0.3, -0.25) is 4.79 Å². The molecule has 0 unspecified atom stereocenters. The lowest BCUT2D eigenvalue weighted by Crippen LogP contribution is -2.17. The predicted octanol–water partition coefficient (Wildman–Crippen LogP) is 6.29. The van der Waals surface area contributed by atoms with Crippen LogP contribution in [-0.4, -0.2) is 24.5 Å². The number of allylic oxidation sites excluding steroid dienone is 1. The van der Waals surface area contributed by atoms with Crippen molar-refractivity contribution in [2.45, 2.75) is 67.0 Å². The minimum atomic E-state index is -2.86. The summed E-state index contributed by atoms with van der Waals surface area (Å²) in [5.41, 5.74) is 1.28. The summed E-state index contributed by atoms with van der Waals surface area (Å²) in [6.07, 6.45) is 5.60. The van der Waals surface area contributed by atoms with Gasteiger partial charge in [0.15, 0.2) is 0 Å². The van der Waals surface area contributed by atoms with Gasteiger partial charge in [-0.15, -0.1) is 6.58 Å². The van der Waals surface area contributed by atoms with Crippen LogP contribution in [0, 0.1) is 0 Å². The van der Waals surface area contributed by atoms with Crippen LogP contribution in [0.3, 0.4) is 0 Å². The Morgan fingerprint density at radius 3 is 2.16 bits per heavy atom. The van der Waals surface area contributed by atoms with E-state index in [1.54, 1.807) is 13.1 Å². The molecule has 0 atom stereocenters. The van der Waals surface area contributed by atoms with Crippen molar-refractivity contribution in [1.29, 1.82) is 0 Å². The number of hydrogen-bond donors (Lipinski definition) is 0. The second kappa shape index (κ2) is 15.6. The van der Waals surface area contributed by atoms with Crippen LogP contribution in [-0.2, 0) is 6.54 Å². The number of carbonyl (C=O) groups is 1. The summed E-state index contributed by atoms with van der Waals surface area (Å²) in [6.45, 7) is 11.6. The summed E-state index contributed by atoms with van der Waals surface area (Å²) in [7, 11) is 1.66. The minimum Gasteiger partial charge on any atom is -0.435 e. The van der Waals surface area contributed by atoms with Crippen LogP contribution in [0.5, 0.6) is 5.75 Å². The van der Waals surface area contributed by atoms with Gasteiger partial charge in [-0.05, 0) is 24.1 Å². The van der Waals surface area contributed by atoms with Crippen LogP contribution in [0.1, 0.15) is 69.8 Å². The molecule has 0 N–H and O–H groups in total. The molecule has 2 rings (SSSR count). The fraction of sp³-hybridized carbons (Fsp3) is 0.550. The van der Waals surface area contributed by atoms with E-state index in [-0.39, 0.29) is 11.7 Å². The first-order valence-electron chi connectivity index (χ1n) is 8.85. The molecule has 0 bridgehead atoms. The molecule has 1 aliphatic heterocycles. The molecule has 0 saturated carbocycles. The van der Waals surface area contributed by atoms with Crippen molar-refractivity contribution in [2.24, 2.45) is 0 Å². The van der Waals surface area contributed by atoms with Gasteiger partial charge in [0, 0.05) is 19.2 Å². The molecule has 1 aromatic rings. The second-order valence-electron chi connectivity index (χ2n) is 5.06. The first-order chi connectivity index (χ1) is 11.9. The maximum absolute atomic E-state index is 11.9. The Morgan fingerprint density at radius 1 is 1.24 bits per heavy atom. The highest BCUT2D eigenvalue weighted by atomic mass is 19.3. The number of carbonyl (C=O) groups excluding carboxylic acids is 1. The minimum absolute atomic E-state index is 0.0207. The zero-order chi connectivity index (χ0) is 19.8. The van der Waals surface area contributed by atoms with Gasteiger partial charge in [-0.25, -0.2) is 0 Å². The highest BCUT2D eigenvalue weighted by molar-refractivity contribution is 5.98. The Bertz CT molecular complexity index is 489. The standard InChI is InChI=1S/C10H9F2NO2.C4H10.C4H8.C2H6/c1-13-5-6-2-3-7(15-10(11)12)4-8(6)9(13)14;2*1-3-4-2;1-2/h2-4,10H,5H2,1H3;3-4H2,1-2H3;3H,1,4H2,2H3;1-2H3. The van der Waals surface area contributed by atoms with Crippen molar-refractivity contribution in [3.63, 3.8) is 0 Å². The van der Waals surface area contributed by atoms with Crippen molar-refractivity contribution in [3.05, 3.63) is 42.0 Å². The number of alkyl halides is 2. The lowest BCUT2D eigenvalue weighted by atomic mass is 10.1. The summed E-state index contributed by atoms with van der Waals surface area (Å²) >= 11 is 0. The third-order valence-electron chi connectivity index (χ3n) is 3.08. The summed E-state index contributed by atoms with van der Waals surface area (Å²) in [4.78, 5) is 13.0. The molecule has 1 aliphatic rings. The number of unbranched alkanes of at least 4 members (excludes halogenated alkanes) is 1. The molecule has 25 heavy (non-hydrogen) atoms. The van der Waals surface area contributed by atoms with Gasteiger partial charge in [0.05, 0.1) is 0 Å². The topological polar surface area (TPSA) is 29.5 Å². The quantitative estimate of drug-likeness (QED) is 0.593. The third-order valence-corrected chi connectivity index (χ3v) is 3.08. The van der Waals surface area contributed by atoms with Gasteiger partial charge in [0.1, 0.15) is 5.75 Å². The highest BCUT2D eigenvalue weighted by Crippen LogP contribution is 2.26. The molecule has 0 radical (unpaired) electrons. The zero-order valence-corrected chi connectivity index (χ0v) is 16.4. The zero-order valence-electron chi connectivity index (χ0n) is 16.4. The first-order valence-corrected chi connectivity index (χ1v) is 8.85. The number of amides is 1. The summed E-state index contributed by atoms with van der Waals surface area (Å²) in [5, 5.41) is 0. The van der Waals surface area contributed by atoms with Gasteiger partial charge in [0.2, 0.25) is 0 Å². The van der Waals surface area contributed by atoms with Crippen LogP contribution < -0.4 is 4.74 Å². The average molecular weight is 357 g/mol. The Kier molecular flexibility index (Phi) is 15.8. The van der Waals surface area contributed by atoms with E-state index in [1.165, 1.54) is 29.9 Å². The molecule has 5 heteroatoms. The van der Waals surface area contributed by atoms with Crippen LogP contribution in [0.15, 0.2) is 30.9 Å². The second-order valence-corrected chi connectivity index (χ2v) is 5.06. The first kappa shape index (κ1) is 25.3. The number of ether oxygens (including phenoxy) is 1. The molecule has 0 spiro atoms. The highest BCUT2D eigenvalue weighted by Gasteiger charge is 2.24. The van der Waals surface area contributed by atoms with E-state index in [2.05, 4.69) is 32.1 Å². The smallest absolute Gasteiger partial charge is 0.387 e. The van der Waals surface area contributed by atoms with Crippen LogP contribution in [0.2, 0.25) is 0 Å². The number of hydrogen-bond acceptors (Lipinski definition) is 2. The normalized spacial score (nSPS) is 11.2. The molecule has 144 valence electrons. The Balaban J connectivity index is 0. The van der Waals surface area contributed by atoms with Crippen molar-refractivity contribution in [2.75, 3.05) is 7.05 Å². The van der Waals surface area contributed by atoms with Gasteiger partial charge in [0.25, 0.3) is 5.91 Å². The fourth-order valence-electron chi connectivity index (χ4n) is 1.60. The van der Waals surface area contributed by atoms with Crippen LogP contribution >= 0.6 is 0 Å². The van der Waals surface area contributed by atoms with Gasteiger partial charge >= 0.3 is 6.61 Å². The largest absolute Gasteiger partial charge is 0.435 e. The Hall–Kier alpha value is -1.91. The predicted molar refractivity (Wildman–Crippen MR) is 101 cm³/mol. The van der Waals surface area contributed by atoms with Crippen molar-refractivity contribution >= 4 is 5.91 Å². The van der Waals surface area contributed by atoms with Crippen LogP contribution in [0.4, 0.5) is 8.78 Å². The Morgan fingerprint density at radius 2 is 1.76 bits per heavy atom. The number of nitrogens with zero attached hydrogens (tertiary/aromatic N) is 1. The van der Waals surface area contributed by atoms with E-state index in [0.717, 1.165) is 12.0 Å². The molecule has 3 nitrogen and oxygen atoms in total. The average Bonchev–Trinajstić information content (AvgIpc) is 2.91. The van der Waals surface area contributed by atoms with Gasteiger partial charge in [-0.1, -0.05) is 59.6 Å². The van der Waals surface area contributed by atoms with E-state index in [1.807, 2.05) is 19.9 Å². The van der Waals surface area contributed by atoms with E-state index < -0.39 is 6.61 Å². The molecule has 0 aromatic heterocycles. The third kappa shape index (κ3) is 10.5.